The van der Waals surface area contributed by atoms with Gasteiger partial charge in [-0.05, 0) is 26.7 Å². The van der Waals surface area contributed by atoms with Gasteiger partial charge in [0.1, 0.15) is 18.1 Å². The SMILES string of the molecule is CNC(=O)N[C@@H](C)C(=O)N[C@@H](CCCN=C(N)N)C(=O)N[C@@H](C)C(N)=O. The van der Waals surface area contributed by atoms with E-state index in [1.807, 2.05) is 0 Å². The molecule has 26 heavy (non-hydrogen) atoms. The van der Waals surface area contributed by atoms with Crippen LogP contribution in [0.2, 0.25) is 0 Å². The molecule has 12 nitrogen and oxygen atoms in total. The zero-order valence-corrected chi connectivity index (χ0v) is 15.2. The van der Waals surface area contributed by atoms with Gasteiger partial charge in [0.15, 0.2) is 5.96 Å². The highest BCUT2D eigenvalue weighted by molar-refractivity contribution is 5.93. The number of nitrogens with zero attached hydrogens (tertiary/aromatic N) is 1. The number of carbonyl (C=O) groups excluding carboxylic acids is 4. The Kier molecular flexibility index (Phi) is 10.1. The topological polar surface area (TPSA) is 207 Å². The van der Waals surface area contributed by atoms with Crippen molar-refractivity contribution in [3.63, 3.8) is 0 Å². The number of hydrogen-bond acceptors (Lipinski definition) is 5. The van der Waals surface area contributed by atoms with Crippen LogP contribution in [0.5, 0.6) is 0 Å². The molecule has 0 aliphatic carbocycles. The molecule has 0 aliphatic heterocycles. The Balaban J connectivity index is 4.92. The lowest BCUT2D eigenvalue weighted by atomic mass is 10.1. The van der Waals surface area contributed by atoms with Gasteiger partial charge in [-0.15, -0.1) is 0 Å². The van der Waals surface area contributed by atoms with Gasteiger partial charge < -0.3 is 38.5 Å². The van der Waals surface area contributed by atoms with E-state index in [2.05, 4.69) is 26.3 Å². The van der Waals surface area contributed by atoms with E-state index in [1.165, 1.54) is 20.9 Å². The number of aliphatic imine (C=N–C) groups is 1. The molecular weight excluding hydrogens is 344 g/mol. The van der Waals surface area contributed by atoms with Crippen molar-refractivity contribution in [2.24, 2.45) is 22.2 Å². The Morgan fingerprint density at radius 1 is 0.923 bits per heavy atom. The maximum Gasteiger partial charge on any atom is 0.315 e. The summed E-state index contributed by atoms with van der Waals surface area (Å²) in [5.74, 6) is -1.94. The van der Waals surface area contributed by atoms with E-state index in [0.717, 1.165) is 0 Å². The Hall–Kier alpha value is -3.05. The van der Waals surface area contributed by atoms with Gasteiger partial charge in [-0.1, -0.05) is 0 Å². The lowest BCUT2D eigenvalue weighted by Crippen LogP contribution is -2.55. The summed E-state index contributed by atoms with van der Waals surface area (Å²) in [6.07, 6.45) is 0.616. The van der Waals surface area contributed by atoms with Crippen molar-refractivity contribution < 1.29 is 19.2 Å². The molecule has 0 spiro atoms. The normalized spacial score (nSPS) is 13.5. The molecule has 0 aromatic rings. The highest BCUT2D eigenvalue weighted by Crippen LogP contribution is 2.01. The molecule has 0 aromatic carbocycles. The van der Waals surface area contributed by atoms with Crippen LogP contribution in [0.3, 0.4) is 0 Å². The lowest BCUT2D eigenvalue weighted by Gasteiger charge is -2.22. The maximum atomic E-state index is 12.3. The van der Waals surface area contributed by atoms with Crippen molar-refractivity contribution in [2.75, 3.05) is 13.6 Å². The van der Waals surface area contributed by atoms with Gasteiger partial charge in [-0.2, -0.15) is 0 Å². The Morgan fingerprint density at radius 2 is 1.54 bits per heavy atom. The van der Waals surface area contributed by atoms with Gasteiger partial charge in [0.25, 0.3) is 0 Å². The molecule has 0 rings (SSSR count). The van der Waals surface area contributed by atoms with Crippen LogP contribution in [0.15, 0.2) is 4.99 Å². The number of hydrogen-bond donors (Lipinski definition) is 7. The van der Waals surface area contributed by atoms with Crippen molar-refractivity contribution in [1.82, 2.24) is 21.3 Å². The molecule has 0 aliphatic rings. The smallest absolute Gasteiger partial charge is 0.315 e. The van der Waals surface area contributed by atoms with E-state index in [0.29, 0.717) is 6.42 Å². The first-order chi connectivity index (χ1) is 12.1. The summed E-state index contributed by atoms with van der Waals surface area (Å²) in [5.41, 5.74) is 15.6. The fourth-order valence-corrected chi connectivity index (χ4v) is 1.79. The summed E-state index contributed by atoms with van der Waals surface area (Å²) in [4.78, 5) is 50.6. The highest BCUT2D eigenvalue weighted by atomic mass is 16.2. The largest absolute Gasteiger partial charge is 0.370 e. The standard InChI is InChI=1S/C14H28N8O4/c1-7(10(15)23)20-12(25)9(5-4-6-19-13(16)17)22-11(24)8(2)21-14(26)18-3/h7-9H,4-6H2,1-3H3,(H2,15,23)(H,20,25)(H,22,24)(H4,16,17,19)(H2,18,21,26)/t7-,8-,9-/m0/s1. The summed E-state index contributed by atoms with van der Waals surface area (Å²) in [6.45, 7) is 3.15. The fourth-order valence-electron chi connectivity index (χ4n) is 1.79. The van der Waals surface area contributed by atoms with E-state index in [4.69, 9.17) is 17.2 Å². The third kappa shape index (κ3) is 9.30. The molecule has 10 N–H and O–H groups in total. The van der Waals surface area contributed by atoms with Gasteiger partial charge in [0, 0.05) is 13.6 Å². The number of guanidine groups is 1. The van der Waals surface area contributed by atoms with Crippen LogP contribution in [0.25, 0.3) is 0 Å². The average Bonchev–Trinajstić information content (AvgIpc) is 2.56. The first-order valence-corrected chi connectivity index (χ1v) is 8.02. The quantitative estimate of drug-likeness (QED) is 0.119. The molecular formula is C14H28N8O4. The summed E-state index contributed by atoms with van der Waals surface area (Å²) in [5, 5.41) is 9.64. The van der Waals surface area contributed by atoms with E-state index >= 15 is 0 Å². The first kappa shape index (κ1) is 22.9. The second kappa shape index (κ2) is 11.5. The van der Waals surface area contributed by atoms with Crippen LogP contribution in [-0.2, 0) is 14.4 Å². The molecule has 0 fully saturated rings. The van der Waals surface area contributed by atoms with E-state index in [9.17, 15) is 19.2 Å². The van der Waals surface area contributed by atoms with E-state index in [1.54, 1.807) is 0 Å². The summed E-state index contributed by atoms with van der Waals surface area (Å²) < 4.78 is 0. The van der Waals surface area contributed by atoms with Gasteiger partial charge in [-0.25, -0.2) is 4.79 Å². The van der Waals surface area contributed by atoms with Crippen molar-refractivity contribution in [3.05, 3.63) is 0 Å². The van der Waals surface area contributed by atoms with Crippen LogP contribution in [-0.4, -0.2) is 61.4 Å². The summed E-state index contributed by atoms with van der Waals surface area (Å²) >= 11 is 0. The molecule has 0 saturated carbocycles. The third-order valence-corrected chi connectivity index (χ3v) is 3.33. The molecule has 5 amide bonds. The minimum absolute atomic E-state index is 0.0826. The molecule has 0 radical (unpaired) electrons. The second-order valence-electron chi connectivity index (χ2n) is 5.59. The highest BCUT2D eigenvalue weighted by Gasteiger charge is 2.25. The molecule has 148 valence electrons. The number of urea groups is 1. The molecule has 0 bridgehead atoms. The van der Waals surface area contributed by atoms with Crippen LogP contribution in [0.1, 0.15) is 26.7 Å². The molecule has 0 saturated heterocycles. The number of rotatable bonds is 10. The predicted octanol–water partition coefficient (Wildman–Crippen LogP) is -3.17. The molecule has 0 unspecified atom stereocenters. The molecule has 3 atom stereocenters. The minimum Gasteiger partial charge on any atom is -0.370 e. The van der Waals surface area contributed by atoms with Crippen LogP contribution in [0, 0.1) is 0 Å². The maximum absolute atomic E-state index is 12.3. The minimum atomic E-state index is -0.951. The zero-order chi connectivity index (χ0) is 20.3. The van der Waals surface area contributed by atoms with Crippen molar-refractivity contribution >= 4 is 29.7 Å². The van der Waals surface area contributed by atoms with E-state index < -0.39 is 41.9 Å². The average molecular weight is 372 g/mol. The van der Waals surface area contributed by atoms with Crippen LogP contribution >= 0.6 is 0 Å². The molecule has 0 heterocycles. The van der Waals surface area contributed by atoms with Gasteiger partial charge >= 0.3 is 6.03 Å². The van der Waals surface area contributed by atoms with Crippen molar-refractivity contribution in [2.45, 2.75) is 44.8 Å². The van der Waals surface area contributed by atoms with Crippen LogP contribution in [0.4, 0.5) is 4.79 Å². The number of primary amides is 1. The Labute approximate surface area is 151 Å². The van der Waals surface area contributed by atoms with Crippen molar-refractivity contribution in [3.8, 4) is 0 Å². The first-order valence-electron chi connectivity index (χ1n) is 8.02. The van der Waals surface area contributed by atoms with E-state index in [-0.39, 0.29) is 18.9 Å². The van der Waals surface area contributed by atoms with Gasteiger partial charge in [0.2, 0.25) is 17.7 Å². The van der Waals surface area contributed by atoms with Gasteiger partial charge in [-0.3, -0.25) is 19.4 Å². The molecule has 0 aromatic heterocycles. The Morgan fingerprint density at radius 3 is 2.04 bits per heavy atom. The number of nitrogens with two attached hydrogens (primary N) is 3. The predicted molar refractivity (Wildman–Crippen MR) is 95.7 cm³/mol. The van der Waals surface area contributed by atoms with Gasteiger partial charge in [0.05, 0.1) is 0 Å². The summed E-state index contributed by atoms with van der Waals surface area (Å²) in [7, 11) is 1.41. The summed E-state index contributed by atoms with van der Waals surface area (Å²) in [6, 6.07) is -3.27. The molecule has 12 heteroatoms. The van der Waals surface area contributed by atoms with Crippen molar-refractivity contribution in [1.29, 1.82) is 0 Å². The van der Waals surface area contributed by atoms with Crippen LogP contribution < -0.4 is 38.5 Å². The number of nitrogens with one attached hydrogen (secondary N) is 4. The number of amides is 5. The fraction of sp³-hybridized carbons (Fsp3) is 0.643. The second-order valence-corrected chi connectivity index (χ2v) is 5.59. The zero-order valence-electron chi connectivity index (χ0n) is 15.2. The monoisotopic (exact) mass is 372 g/mol. The number of carbonyl (C=O) groups is 4. The Bertz CT molecular complexity index is 547. The third-order valence-electron chi connectivity index (χ3n) is 3.33. The lowest BCUT2D eigenvalue weighted by molar-refractivity contribution is -0.131.